The summed E-state index contributed by atoms with van der Waals surface area (Å²) in [5.74, 6) is 1.07. The molecule has 212 valence electrons. The lowest BCUT2D eigenvalue weighted by Crippen LogP contribution is -2.47. The second-order valence-corrected chi connectivity index (χ2v) is 12.6. The molecule has 3 saturated heterocycles. The molecule has 0 saturated carbocycles. The largest absolute Gasteiger partial charge is 0.491 e. The van der Waals surface area contributed by atoms with Crippen molar-refractivity contribution in [3.8, 4) is 5.75 Å². The average molecular weight is 532 g/mol. The Morgan fingerprint density at radius 2 is 1.72 bits per heavy atom. The van der Waals surface area contributed by atoms with Crippen molar-refractivity contribution in [2.75, 3.05) is 45.8 Å². The zero-order valence-corrected chi connectivity index (χ0v) is 24.5. The van der Waals surface area contributed by atoms with E-state index in [0.717, 1.165) is 49.8 Å². The first-order valence-corrected chi connectivity index (χ1v) is 15.5. The monoisotopic (exact) mass is 531 g/mol. The SMILES string of the molecule is Cc1ccc([C@]2(CCN3CCC(N4CCCCC4)CC3)CCN(C(=O)Cc3cccc(OC(C)C)c3)C2)cc1. The smallest absolute Gasteiger partial charge is 0.227 e. The van der Waals surface area contributed by atoms with Gasteiger partial charge in [-0.25, -0.2) is 0 Å². The van der Waals surface area contributed by atoms with Crippen LogP contribution in [0.2, 0.25) is 0 Å². The fourth-order valence-corrected chi connectivity index (χ4v) is 7.03. The van der Waals surface area contributed by atoms with Crippen molar-refractivity contribution in [2.45, 2.75) is 89.7 Å². The van der Waals surface area contributed by atoms with Crippen LogP contribution in [-0.4, -0.2) is 78.6 Å². The molecule has 2 aromatic rings. The number of aryl methyl sites for hydroxylation is 1. The van der Waals surface area contributed by atoms with Crippen LogP contribution < -0.4 is 4.74 Å². The van der Waals surface area contributed by atoms with Gasteiger partial charge in [-0.2, -0.15) is 0 Å². The number of carbonyl (C=O) groups is 1. The van der Waals surface area contributed by atoms with Gasteiger partial charge < -0.3 is 19.4 Å². The summed E-state index contributed by atoms with van der Waals surface area (Å²) in [6, 6.07) is 17.9. The molecule has 0 radical (unpaired) electrons. The van der Waals surface area contributed by atoms with Gasteiger partial charge in [0.05, 0.1) is 12.5 Å². The Labute approximate surface area is 236 Å². The van der Waals surface area contributed by atoms with Crippen LogP contribution in [-0.2, 0) is 16.6 Å². The van der Waals surface area contributed by atoms with Crippen LogP contribution in [0.25, 0.3) is 0 Å². The fourth-order valence-electron chi connectivity index (χ4n) is 7.03. The number of likely N-dealkylation sites (tertiary alicyclic amines) is 3. The zero-order valence-electron chi connectivity index (χ0n) is 24.5. The standard InChI is InChI=1S/C34H49N3O2/c1-27(2)39-32-9-7-8-29(24-32)25-33(38)37-23-17-34(26-37,30-12-10-28(3)11-13-30)16-22-35-20-14-31(15-21-35)36-18-5-4-6-19-36/h7-13,24,27,31H,4-6,14-23,25-26H2,1-3H3/t34-/m1/s1. The van der Waals surface area contributed by atoms with E-state index in [-0.39, 0.29) is 17.4 Å². The molecule has 0 aliphatic carbocycles. The number of carbonyl (C=O) groups excluding carboxylic acids is 1. The number of rotatable bonds is 9. The molecule has 3 heterocycles. The van der Waals surface area contributed by atoms with Gasteiger partial charge >= 0.3 is 0 Å². The third kappa shape index (κ3) is 7.24. The van der Waals surface area contributed by atoms with Gasteiger partial charge in [0.1, 0.15) is 5.75 Å². The van der Waals surface area contributed by atoms with Crippen LogP contribution in [0.1, 0.15) is 75.5 Å². The highest BCUT2D eigenvalue weighted by Crippen LogP contribution is 2.39. The molecular weight excluding hydrogens is 482 g/mol. The molecular formula is C34H49N3O2. The van der Waals surface area contributed by atoms with E-state index in [1.165, 1.54) is 69.4 Å². The van der Waals surface area contributed by atoms with Gasteiger partial charge in [-0.15, -0.1) is 0 Å². The predicted octanol–water partition coefficient (Wildman–Crippen LogP) is 5.84. The number of ether oxygens (including phenoxy) is 1. The Morgan fingerprint density at radius 1 is 0.974 bits per heavy atom. The van der Waals surface area contributed by atoms with Gasteiger partial charge in [-0.3, -0.25) is 4.79 Å². The van der Waals surface area contributed by atoms with Gasteiger partial charge in [-0.1, -0.05) is 48.4 Å². The summed E-state index contributed by atoms with van der Waals surface area (Å²) in [6.45, 7) is 14.0. The Balaban J connectivity index is 1.21. The fraction of sp³-hybridized carbons (Fsp3) is 0.618. The van der Waals surface area contributed by atoms with Crippen molar-refractivity contribution in [1.29, 1.82) is 0 Å². The van der Waals surface area contributed by atoms with E-state index in [4.69, 9.17) is 4.74 Å². The topological polar surface area (TPSA) is 36.0 Å². The molecule has 1 amide bonds. The third-order valence-corrected chi connectivity index (χ3v) is 9.37. The zero-order chi connectivity index (χ0) is 27.2. The summed E-state index contributed by atoms with van der Waals surface area (Å²) in [7, 11) is 0. The lowest BCUT2D eigenvalue weighted by atomic mass is 9.76. The highest BCUT2D eigenvalue weighted by molar-refractivity contribution is 5.79. The van der Waals surface area contributed by atoms with E-state index in [0.29, 0.717) is 6.42 Å². The quantitative estimate of drug-likeness (QED) is 0.408. The molecule has 0 N–H and O–H groups in total. The Hall–Kier alpha value is -2.37. The van der Waals surface area contributed by atoms with Crippen LogP contribution >= 0.6 is 0 Å². The molecule has 0 aromatic heterocycles. The van der Waals surface area contributed by atoms with E-state index in [1.807, 2.05) is 38.1 Å². The second-order valence-electron chi connectivity index (χ2n) is 12.6. The van der Waals surface area contributed by atoms with Crippen molar-refractivity contribution in [3.63, 3.8) is 0 Å². The lowest BCUT2D eigenvalue weighted by Gasteiger charge is -2.41. The molecule has 3 aliphatic heterocycles. The Kier molecular flexibility index (Phi) is 9.29. The molecule has 3 aliphatic rings. The molecule has 0 unspecified atom stereocenters. The third-order valence-electron chi connectivity index (χ3n) is 9.37. The number of amides is 1. The molecule has 39 heavy (non-hydrogen) atoms. The molecule has 3 fully saturated rings. The average Bonchev–Trinajstić information content (AvgIpc) is 3.39. The van der Waals surface area contributed by atoms with E-state index < -0.39 is 0 Å². The molecule has 0 spiro atoms. The first-order chi connectivity index (χ1) is 18.9. The molecule has 0 bridgehead atoms. The van der Waals surface area contributed by atoms with Crippen molar-refractivity contribution in [3.05, 3.63) is 65.2 Å². The lowest BCUT2D eigenvalue weighted by molar-refractivity contribution is -0.129. The van der Waals surface area contributed by atoms with Gasteiger partial charge in [0.2, 0.25) is 5.91 Å². The van der Waals surface area contributed by atoms with E-state index in [2.05, 4.69) is 45.9 Å². The van der Waals surface area contributed by atoms with Crippen molar-refractivity contribution >= 4 is 5.91 Å². The van der Waals surface area contributed by atoms with Crippen molar-refractivity contribution in [1.82, 2.24) is 14.7 Å². The van der Waals surface area contributed by atoms with Crippen LogP contribution in [0, 0.1) is 6.92 Å². The van der Waals surface area contributed by atoms with E-state index in [1.54, 1.807) is 0 Å². The maximum atomic E-state index is 13.5. The number of hydrogen-bond acceptors (Lipinski definition) is 4. The minimum Gasteiger partial charge on any atom is -0.491 e. The van der Waals surface area contributed by atoms with Crippen LogP contribution in [0.15, 0.2) is 48.5 Å². The van der Waals surface area contributed by atoms with Gasteiger partial charge in [-0.05, 0) is 115 Å². The highest BCUT2D eigenvalue weighted by atomic mass is 16.5. The first kappa shape index (κ1) is 28.2. The summed E-state index contributed by atoms with van der Waals surface area (Å²) < 4.78 is 5.86. The number of nitrogens with zero attached hydrogens (tertiary/aromatic N) is 3. The second kappa shape index (κ2) is 12.9. The molecule has 5 rings (SSSR count). The van der Waals surface area contributed by atoms with Crippen LogP contribution in [0.3, 0.4) is 0 Å². The molecule has 1 atom stereocenters. The summed E-state index contributed by atoms with van der Waals surface area (Å²) in [4.78, 5) is 21.1. The molecule has 2 aromatic carbocycles. The number of benzene rings is 2. The molecule has 5 nitrogen and oxygen atoms in total. The summed E-state index contributed by atoms with van der Waals surface area (Å²) in [6.07, 6.45) is 9.51. The Bertz CT molecular complexity index is 1070. The van der Waals surface area contributed by atoms with Crippen LogP contribution in [0.5, 0.6) is 5.75 Å². The number of piperidine rings is 2. The minimum atomic E-state index is 0.0374. The minimum absolute atomic E-state index is 0.0374. The summed E-state index contributed by atoms with van der Waals surface area (Å²) >= 11 is 0. The maximum Gasteiger partial charge on any atom is 0.227 e. The van der Waals surface area contributed by atoms with E-state index >= 15 is 0 Å². The van der Waals surface area contributed by atoms with Crippen LogP contribution in [0.4, 0.5) is 0 Å². The van der Waals surface area contributed by atoms with Crippen molar-refractivity contribution < 1.29 is 9.53 Å². The summed E-state index contributed by atoms with van der Waals surface area (Å²) in [5.41, 5.74) is 3.76. The van der Waals surface area contributed by atoms with Crippen molar-refractivity contribution in [2.24, 2.45) is 0 Å². The highest BCUT2D eigenvalue weighted by Gasteiger charge is 2.41. The maximum absolute atomic E-state index is 13.5. The van der Waals surface area contributed by atoms with Gasteiger partial charge in [0.15, 0.2) is 0 Å². The predicted molar refractivity (Wildman–Crippen MR) is 159 cm³/mol. The Morgan fingerprint density at radius 3 is 2.44 bits per heavy atom. The first-order valence-electron chi connectivity index (χ1n) is 15.5. The number of hydrogen-bond donors (Lipinski definition) is 0. The normalized spacial score (nSPS) is 23.4. The summed E-state index contributed by atoms with van der Waals surface area (Å²) in [5, 5.41) is 0. The molecule has 5 heteroatoms. The van der Waals surface area contributed by atoms with Gasteiger partial charge in [0, 0.05) is 24.5 Å². The van der Waals surface area contributed by atoms with Gasteiger partial charge in [0.25, 0.3) is 0 Å². The van der Waals surface area contributed by atoms with E-state index in [9.17, 15) is 4.79 Å².